The Bertz CT molecular complexity index is 2250. The third-order valence-electron chi connectivity index (χ3n) is 6.13. The molecule has 52 heavy (non-hydrogen) atoms. The van der Waals surface area contributed by atoms with Crippen molar-refractivity contribution in [3.8, 4) is 0 Å². The summed E-state index contributed by atoms with van der Waals surface area (Å²) in [5.41, 5.74) is 6.85. The van der Waals surface area contributed by atoms with E-state index in [1.54, 1.807) is 51.4 Å². The highest BCUT2D eigenvalue weighted by Crippen LogP contribution is 2.39. The topological polar surface area (TPSA) is 205 Å². The number of carbonyl (C=O) groups excluding carboxylic acids is 3. The van der Waals surface area contributed by atoms with Crippen LogP contribution in [0.1, 0.15) is 61.6 Å². The number of fused-ring (bicyclic) bond motifs is 3. The zero-order valence-electron chi connectivity index (χ0n) is 29.0. The Morgan fingerprint density at radius 3 is 1.63 bits per heavy atom. The van der Waals surface area contributed by atoms with Gasteiger partial charge in [-0.25, -0.2) is 19.2 Å². The number of halogens is 1. The van der Waals surface area contributed by atoms with Crippen molar-refractivity contribution < 1.29 is 38.5 Å². The maximum absolute atomic E-state index is 11.7. The number of amides is 2. The van der Waals surface area contributed by atoms with Gasteiger partial charge in [-0.3, -0.25) is 25.6 Å². The van der Waals surface area contributed by atoms with E-state index in [0.29, 0.717) is 31.3 Å². The van der Waals surface area contributed by atoms with Crippen LogP contribution in [0.15, 0.2) is 59.5 Å². The van der Waals surface area contributed by atoms with Gasteiger partial charge in [-0.05, 0) is 93.9 Å². The van der Waals surface area contributed by atoms with Gasteiger partial charge in [0, 0.05) is 18.6 Å². The lowest BCUT2D eigenvalue weighted by Crippen LogP contribution is -2.27. The van der Waals surface area contributed by atoms with E-state index in [1.165, 1.54) is 36.0 Å². The Balaban J connectivity index is 0.000000177. The fraction of sp³-hybridized carbons (Fsp3) is 0.265. The molecule has 0 aliphatic carbocycles. The van der Waals surface area contributed by atoms with Crippen LogP contribution in [0.25, 0.3) is 30.6 Å². The minimum absolute atomic E-state index is 0.0172. The number of ether oxygens (including phenoxy) is 3. The molecular formula is C34H35BrN6O8S3. The van der Waals surface area contributed by atoms with Gasteiger partial charge in [0.15, 0.2) is 0 Å². The van der Waals surface area contributed by atoms with Gasteiger partial charge in [-0.15, -0.1) is 34.0 Å². The van der Waals surface area contributed by atoms with Crippen LogP contribution in [0.4, 0.5) is 25.3 Å². The Labute approximate surface area is 318 Å². The van der Waals surface area contributed by atoms with Gasteiger partial charge >= 0.3 is 24.1 Å². The second-order valence-electron chi connectivity index (χ2n) is 12.5. The van der Waals surface area contributed by atoms with Gasteiger partial charge in [0.2, 0.25) is 0 Å². The summed E-state index contributed by atoms with van der Waals surface area (Å²) in [6.45, 7) is 10.7. The van der Waals surface area contributed by atoms with Gasteiger partial charge in [0.05, 0.1) is 42.4 Å². The Kier molecular flexibility index (Phi) is 12.7. The quantitative estimate of drug-likeness (QED) is 0.0969. The molecule has 0 aromatic carbocycles. The van der Waals surface area contributed by atoms with E-state index in [0.717, 1.165) is 30.7 Å². The van der Waals surface area contributed by atoms with Crippen molar-refractivity contribution in [1.82, 2.24) is 15.0 Å². The van der Waals surface area contributed by atoms with E-state index >= 15 is 0 Å². The number of aromatic nitrogens is 3. The number of aromatic carboxylic acids is 1. The summed E-state index contributed by atoms with van der Waals surface area (Å²) in [7, 11) is 1.33. The molecule has 6 aromatic rings. The minimum atomic E-state index is -1.14. The van der Waals surface area contributed by atoms with Crippen LogP contribution in [0.2, 0.25) is 0 Å². The first-order valence-corrected chi connectivity index (χ1v) is 18.5. The molecule has 0 bridgehead atoms. The highest BCUT2D eigenvalue weighted by molar-refractivity contribution is 9.10. The van der Waals surface area contributed by atoms with Crippen LogP contribution in [0.5, 0.6) is 0 Å². The number of carbonyl (C=O) groups is 4. The fourth-order valence-electron chi connectivity index (χ4n) is 4.18. The Morgan fingerprint density at radius 1 is 0.731 bits per heavy atom. The number of nitrogens with zero attached hydrogens (tertiary/aromatic N) is 3. The molecular weight excluding hydrogens is 797 g/mol. The van der Waals surface area contributed by atoms with Gasteiger partial charge in [0.25, 0.3) is 0 Å². The summed E-state index contributed by atoms with van der Waals surface area (Å²) in [6.07, 6.45) is 3.73. The van der Waals surface area contributed by atoms with Crippen molar-refractivity contribution in [3.05, 3.63) is 69.9 Å². The maximum Gasteiger partial charge on any atom is 0.412 e. The molecule has 6 rings (SSSR count). The number of methoxy groups -OCH3 is 1. The number of nitrogens with two attached hydrogens (primary N) is 1. The Hall–Kier alpha value is -4.91. The summed E-state index contributed by atoms with van der Waals surface area (Å²) in [5.74, 6) is -1.55. The number of carboxylic acids is 1. The van der Waals surface area contributed by atoms with Crippen LogP contribution in [-0.4, -0.2) is 62.5 Å². The number of hydrogen-bond donors (Lipinski definition) is 4. The average molecular weight is 832 g/mol. The maximum atomic E-state index is 11.7. The predicted octanol–water partition coefficient (Wildman–Crippen LogP) is 9.41. The molecule has 0 saturated heterocycles. The van der Waals surface area contributed by atoms with Gasteiger partial charge in [0.1, 0.15) is 37.2 Å². The molecule has 0 saturated carbocycles. The molecule has 0 aliphatic heterocycles. The van der Waals surface area contributed by atoms with Gasteiger partial charge < -0.3 is 25.1 Å². The minimum Gasteiger partial charge on any atom is -0.478 e. The highest BCUT2D eigenvalue weighted by atomic mass is 79.9. The number of pyridine rings is 3. The zero-order chi connectivity index (χ0) is 38.4. The average Bonchev–Trinajstić information content (AvgIpc) is 3.70. The van der Waals surface area contributed by atoms with Crippen LogP contribution in [0, 0.1) is 0 Å². The fourth-order valence-corrected chi connectivity index (χ4v) is 7.95. The standard InChI is InChI=1S/C13H14N2O4S.C12H13BrN2O2S.C9H8N2O2S/c1-13(2,3)19-12(18)15-10-8(11(16)17)9-7(20-10)5-4-6-14-9;1-12(2,3)17-11(16)15-10-8(13)9-7(18-10)5-4-6-14-9;1-13-9(12)8-6(10)7-5(14-8)3-2-4-11-7/h4-6H,1-3H3,(H,15,18)(H,16,17);4-6H,1-3H3,(H,15,16);2-4H,10H2,1H3. The molecule has 0 unspecified atom stereocenters. The van der Waals surface area contributed by atoms with Crippen molar-refractivity contribution in [2.75, 3.05) is 23.5 Å². The normalized spacial score (nSPS) is 11.2. The summed E-state index contributed by atoms with van der Waals surface area (Å²) < 4.78 is 18.3. The van der Waals surface area contributed by atoms with Crippen molar-refractivity contribution in [2.45, 2.75) is 52.7 Å². The van der Waals surface area contributed by atoms with Gasteiger partial charge in [-0.1, -0.05) is 0 Å². The van der Waals surface area contributed by atoms with Crippen molar-refractivity contribution in [1.29, 1.82) is 0 Å². The summed E-state index contributed by atoms with van der Waals surface area (Å²) in [5, 5.41) is 15.4. The second kappa shape index (κ2) is 16.6. The van der Waals surface area contributed by atoms with E-state index in [-0.39, 0.29) is 10.6 Å². The number of esters is 1. The molecule has 2 amide bonds. The third kappa shape index (κ3) is 10.3. The van der Waals surface area contributed by atoms with E-state index < -0.39 is 35.3 Å². The number of anilines is 3. The largest absolute Gasteiger partial charge is 0.478 e. The molecule has 0 aliphatic rings. The molecule has 5 N–H and O–H groups in total. The Morgan fingerprint density at radius 2 is 1.17 bits per heavy atom. The lowest BCUT2D eigenvalue weighted by atomic mass is 10.2. The summed E-state index contributed by atoms with van der Waals surface area (Å²) in [4.78, 5) is 58.9. The highest BCUT2D eigenvalue weighted by Gasteiger charge is 2.24. The van der Waals surface area contributed by atoms with Crippen molar-refractivity contribution in [3.63, 3.8) is 0 Å². The lowest BCUT2D eigenvalue weighted by molar-refractivity contribution is 0.0602. The number of hydrogen-bond acceptors (Lipinski definition) is 14. The lowest BCUT2D eigenvalue weighted by Gasteiger charge is -2.19. The van der Waals surface area contributed by atoms with Crippen LogP contribution in [0.3, 0.4) is 0 Å². The number of thiophene rings is 3. The van der Waals surface area contributed by atoms with E-state index in [9.17, 15) is 24.3 Å². The molecule has 14 nitrogen and oxygen atoms in total. The SMILES string of the molecule is CC(C)(C)OC(=O)Nc1sc2cccnc2c1Br.CC(C)(C)OC(=O)Nc1sc2cccnc2c1C(=O)O.COC(=O)c1sc2cccnc2c1N. The molecule has 0 spiro atoms. The number of rotatable bonds is 4. The zero-order valence-corrected chi connectivity index (χ0v) is 33.1. The molecule has 18 heteroatoms. The number of nitrogen functional groups attached to an aromatic ring is 1. The molecule has 274 valence electrons. The van der Waals surface area contributed by atoms with Gasteiger partial charge in [-0.2, -0.15) is 0 Å². The van der Waals surface area contributed by atoms with Crippen LogP contribution >= 0.6 is 49.9 Å². The van der Waals surface area contributed by atoms with Crippen LogP contribution in [-0.2, 0) is 14.2 Å². The monoisotopic (exact) mass is 830 g/mol. The molecule has 0 radical (unpaired) electrons. The van der Waals surface area contributed by atoms with E-state index in [4.69, 9.17) is 15.2 Å². The smallest absolute Gasteiger partial charge is 0.412 e. The molecule has 0 fully saturated rings. The van der Waals surface area contributed by atoms with E-state index in [2.05, 4.69) is 46.3 Å². The molecule has 6 aromatic heterocycles. The van der Waals surface area contributed by atoms with Crippen molar-refractivity contribution in [2.24, 2.45) is 0 Å². The number of nitrogens with one attached hydrogen (secondary N) is 2. The van der Waals surface area contributed by atoms with Crippen LogP contribution < -0.4 is 16.4 Å². The second-order valence-corrected chi connectivity index (χ2v) is 16.4. The van der Waals surface area contributed by atoms with Crippen molar-refractivity contribution >= 4 is 120 Å². The summed E-state index contributed by atoms with van der Waals surface area (Å²) in [6, 6.07) is 11.0. The molecule has 6 heterocycles. The summed E-state index contributed by atoms with van der Waals surface area (Å²) >= 11 is 7.34. The molecule has 0 atom stereocenters. The number of carboxylic acid groups (broad SMARTS) is 1. The third-order valence-corrected chi connectivity index (χ3v) is 10.4. The first-order valence-electron chi connectivity index (χ1n) is 15.2. The predicted molar refractivity (Wildman–Crippen MR) is 209 cm³/mol. The van der Waals surface area contributed by atoms with E-state index in [1.807, 2.05) is 39.0 Å². The first kappa shape index (κ1) is 39.9. The first-order chi connectivity index (χ1) is 24.4.